The molecule has 2 unspecified atom stereocenters. The van der Waals surface area contributed by atoms with Gasteiger partial charge >= 0.3 is 0 Å². The Morgan fingerprint density at radius 1 is 0.910 bits per heavy atom. The number of carbonyl (C=O) groups excluding carboxylic acids is 7. The largest absolute Gasteiger partial charge is 0.493 e. The number of fused-ring (bicyclic) bond motifs is 2. The number of sulfone groups is 1. The van der Waals surface area contributed by atoms with Gasteiger partial charge in [-0.25, -0.2) is 8.42 Å². The molecule has 0 radical (unpaired) electrons. The zero-order valence-corrected chi connectivity index (χ0v) is 39.8. The zero-order valence-electron chi connectivity index (χ0n) is 38.1. The van der Waals surface area contributed by atoms with Gasteiger partial charge in [-0.1, -0.05) is 37.8 Å². The average Bonchev–Trinajstić information content (AvgIpc) is 3.93. The van der Waals surface area contributed by atoms with Gasteiger partial charge in [0.05, 0.1) is 54.5 Å². The summed E-state index contributed by atoms with van der Waals surface area (Å²) in [7, 11) is -2.21. The first-order chi connectivity index (χ1) is 32.2. The van der Waals surface area contributed by atoms with E-state index in [-0.39, 0.29) is 73.0 Å². The minimum atomic E-state index is -3.68. The molecule has 4 aliphatic heterocycles. The number of methoxy groups -OCH3 is 1. The highest BCUT2D eigenvalue weighted by Gasteiger charge is 2.44. The van der Waals surface area contributed by atoms with E-state index in [1.54, 1.807) is 42.6 Å². The van der Waals surface area contributed by atoms with Crippen LogP contribution in [-0.4, -0.2) is 140 Å². The minimum absolute atomic E-state index is 0.0248. The van der Waals surface area contributed by atoms with Crippen LogP contribution in [0.4, 0.5) is 5.69 Å². The molecular weight excluding hydrogens is 905 g/mol. The van der Waals surface area contributed by atoms with Crippen molar-refractivity contribution >= 4 is 68.2 Å². The molecule has 0 spiro atoms. The van der Waals surface area contributed by atoms with E-state index in [0.29, 0.717) is 55.2 Å². The number of hydrogen-bond donors (Lipinski definition) is 2. The molecule has 3 aromatic rings. The van der Waals surface area contributed by atoms with Gasteiger partial charge in [-0.3, -0.25) is 48.7 Å². The maximum Gasteiger partial charge on any atom is 0.264 e. The lowest BCUT2D eigenvalue weighted by Crippen LogP contribution is -2.52. The quantitative estimate of drug-likeness (QED) is 0.106. The monoisotopic (exact) mass is 962 g/mol. The number of piperazine rings is 1. The first kappa shape index (κ1) is 49.2. The lowest BCUT2D eigenvalue weighted by Gasteiger charge is -2.34. The van der Waals surface area contributed by atoms with Crippen LogP contribution in [0.15, 0.2) is 41.8 Å². The highest BCUT2D eigenvalue weighted by molar-refractivity contribution is 7.90. The summed E-state index contributed by atoms with van der Waals surface area (Å²) < 4.78 is 42.1. The molecule has 1 aromatic heterocycles. The molecule has 20 heteroatoms. The number of nitrogens with zero attached hydrogens (tertiary/aromatic N) is 4. The zero-order chi connectivity index (χ0) is 47.8. The first-order valence-corrected chi connectivity index (χ1v) is 25.7. The Hall–Kier alpha value is -5.70. The third kappa shape index (κ3) is 11.7. The molecule has 7 rings (SSSR count). The van der Waals surface area contributed by atoms with E-state index < -0.39 is 45.4 Å². The fraction of sp³-hybridized carbons (Fsp3) is 0.511. The van der Waals surface area contributed by atoms with Crippen LogP contribution in [0.2, 0.25) is 0 Å². The van der Waals surface area contributed by atoms with E-state index in [9.17, 15) is 42.0 Å². The molecule has 0 saturated carbocycles. The highest BCUT2D eigenvalue weighted by atomic mass is 32.2. The van der Waals surface area contributed by atoms with E-state index in [2.05, 4.69) is 15.5 Å². The van der Waals surface area contributed by atoms with Crippen molar-refractivity contribution in [2.75, 3.05) is 70.4 Å². The molecule has 2 fully saturated rings. The third-order valence-corrected chi connectivity index (χ3v) is 14.5. The molecule has 7 amide bonds. The Labute approximate surface area is 394 Å². The summed E-state index contributed by atoms with van der Waals surface area (Å²) in [6.45, 7) is 6.22. The Kier molecular flexibility index (Phi) is 16.1. The normalized spacial score (nSPS) is 18.0. The molecule has 2 saturated heterocycles. The maximum absolute atomic E-state index is 14.0. The number of ether oxygens (including phenoxy) is 3. The van der Waals surface area contributed by atoms with Gasteiger partial charge < -0.3 is 29.3 Å². The number of imide groups is 2. The van der Waals surface area contributed by atoms with Gasteiger partial charge in [0.2, 0.25) is 23.6 Å². The topological polar surface area (TPSA) is 218 Å². The lowest BCUT2D eigenvalue weighted by molar-refractivity contribution is -0.138. The molecule has 360 valence electrons. The average molecular weight is 963 g/mol. The van der Waals surface area contributed by atoms with E-state index >= 15 is 0 Å². The van der Waals surface area contributed by atoms with Crippen LogP contribution in [0.25, 0.3) is 0 Å². The number of nitrogens with one attached hydrogen (secondary N) is 2. The second kappa shape index (κ2) is 21.9. The summed E-state index contributed by atoms with van der Waals surface area (Å²) in [4.78, 5) is 98.2. The number of amides is 7. The third-order valence-electron chi connectivity index (χ3n) is 12.6. The number of unbranched alkanes of at least 4 members (excludes halogenated alkanes) is 5. The summed E-state index contributed by atoms with van der Waals surface area (Å²) in [6.07, 6.45) is 7.29. The van der Waals surface area contributed by atoms with Gasteiger partial charge in [0.25, 0.3) is 17.7 Å². The Morgan fingerprint density at radius 2 is 1.66 bits per heavy atom. The van der Waals surface area contributed by atoms with Crippen molar-refractivity contribution in [1.29, 1.82) is 0 Å². The van der Waals surface area contributed by atoms with Crippen molar-refractivity contribution in [1.82, 2.24) is 24.9 Å². The number of piperidine rings is 1. The molecule has 4 aliphatic rings. The highest BCUT2D eigenvalue weighted by Crippen LogP contribution is 2.39. The number of thiophene rings is 1. The van der Waals surface area contributed by atoms with Crippen molar-refractivity contribution in [3.63, 3.8) is 0 Å². The summed E-state index contributed by atoms with van der Waals surface area (Å²) in [5.74, 6) is -2.48. The number of hydrogen-bond acceptors (Lipinski definition) is 14. The molecule has 18 nitrogen and oxygen atoms in total. The Morgan fingerprint density at radius 3 is 2.37 bits per heavy atom. The van der Waals surface area contributed by atoms with Crippen molar-refractivity contribution in [2.45, 2.75) is 89.9 Å². The molecule has 0 aliphatic carbocycles. The van der Waals surface area contributed by atoms with E-state index in [0.717, 1.165) is 73.3 Å². The SMILES string of the molecule is CCOc1cc(C(CS(C)(=O)=O)N2C(=O)c3cccc(NC(=O)CCCCCCCCN4CCN(C(=O)COCc5scc6c5CN(C5CCC(=O)NC5=O)C6=O)CC4)c3C2=O)ccc1OC. The van der Waals surface area contributed by atoms with Crippen molar-refractivity contribution in [2.24, 2.45) is 0 Å². The summed E-state index contributed by atoms with van der Waals surface area (Å²) >= 11 is 1.40. The number of anilines is 1. The van der Waals surface area contributed by atoms with E-state index in [4.69, 9.17) is 14.2 Å². The van der Waals surface area contributed by atoms with Crippen LogP contribution in [0.5, 0.6) is 11.5 Å². The fourth-order valence-corrected chi connectivity index (χ4v) is 11.0. The van der Waals surface area contributed by atoms with Gasteiger partial charge in [-0.05, 0) is 62.6 Å². The van der Waals surface area contributed by atoms with Crippen LogP contribution in [-0.2, 0) is 46.9 Å². The summed E-state index contributed by atoms with van der Waals surface area (Å²) in [5.41, 5.74) is 2.04. The van der Waals surface area contributed by atoms with Crippen molar-refractivity contribution in [3.8, 4) is 11.5 Å². The van der Waals surface area contributed by atoms with E-state index in [1.807, 2.05) is 4.90 Å². The van der Waals surface area contributed by atoms with Crippen LogP contribution in [0.1, 0.15) is 118 Å². The van der Waals surface area contributed by atoms with Gasteiger partial charge in [0.15, 0.2) is 11.5 Å². The van der Waals surface area contributed by atoms with E-state index in [1.165, 1.54) is 29.4 Å². The van der Waals surface area contributed by atoms with Gasteiger partial charge in [-0.2, -0.15) is 0 Å². The number of carbonyl (C=O) groups is 7. The standard InChI is InChI=1S/C47H58N6O12S2/c1-4-65-38-24-30(15-17-37(38)63-2)36(29-67(3,61)62)53-46(59)31-12-11-13-34(43(31)47(53)60)48-40(54)14-9-7-5-6-8-10-19-50-20-22-51(23-21-50)42(56)27-64-26-39-32-25-52(45(58)33(32)28-66-39)35-16-18-41(55)49-44(35)57/h11-13,15,17,24,28,35-36H,4-10,14,16,18-23,25-27,29H2,1-3H3,(H,48,54)(H,49,55,57). The summed E-state index contributed by atoms with van der Waals surface area (Å²) in [5, 5.41) is 6.90. The fourth-order valence-electron chi connectivity index (χ4n) is 9.07. The minimum Gasteiger partial charge on any atom is -0.493 e. The first-order valence-electron chi connectivity index (χ1n) is 22.8. The van der Waals surface area contributed by atoms with Crippen LogP contribution >= 0.6 is 11.3 Å². The van der Waals surface area contributed by atoms with Gasteiger partial charge in [0, 0.05) is 67.6 Å². The van der Waals surface area contributed by atoms with Crippen molar-refractivity contribution in [3.05, 3.63) is 74.5 Å². The lowest BCUT2D eigenvalue weighted by atomic mass is 10.0. The van der Waals surface area contributed by atoms with Gasteiger partial charge in [0.1, 0.15) is 22.5 Å². The second-order valence-electron chi connectivity index (χ2n) is 17.2. The molecular formula is C47H58N6O12S2. The maximum atomic E-state index is 14.0. The molecule has 0 bridgehead atoms. The Bertz CT molecular complexity index is 2500. The number of benzene rings is 2. The molecule has 2 N–H and O–H groups in total. The second-order valence-corrected chi connectivity index (χ2v) is 20.4. The molecule has 2 aromatic carbocycles. The summed E-state index contributed by atoms with van der Waals surface area (Å²) in [6, 6.07) is 7.59. The van der Waals surface area contributed by atoms with Crippen LogP contribution in [0.3, 0.4) is 0 Å². The number of rotatable bonds is 22. The molecule has 5 heterocycles. The van der Waals surface area contributed by atoms with Crippen molar-refractivity contribution < 1.29 is 56.2 Å². The predicted octanol–water partition coefficient (Wildman–Crippen LogP) is 4.33. The molecule has 2 atom stereocenters. The predicted molar refractivity (Wildman–Crippen MR) is 248 cm³/mol. The van der Waals surface area contributed by atoms with Crippen LogP contribution in [0, 0.1) is 0 Å². The Balaban J connectivity index is 0.778. The van der Waals surface area contributed by atoms with Gasteiger partial charge in [-0.15, -0.1) is 11.3 Å². The smallest absolute Gasteiger partial charge is 0.264 e. The molecule has 67 heavy (non-hydrogen) atoms. The van der Waals surface area contributed by atoms with Crippen LogP contribution < -0.4 is 20.1 Å².